The van der Waals surface area contributed by atoms with E-state index in [9.17, 15) is 4.79 Å². The topological polar surface area (TPSA) is 78.6 Å². The molecule has 2 atom stereocenters. The van der Waals surface area contributed by atoms with Crippen molar-refractivity contribution in [3.63, 3.8) is 0 Å². The number of carbonyl (C=O) groups is 1. The fourth-order valence-corrected chi connectivity index (χ4v) is 1.63. The molecule has 0 aliphatic heterocycles. The summed E-state index contributed by atoms with van der Waals surface area (Å²) in [6, 6.07) is -0.242. The molecule has 0 radical (unpaired) electrons. The molecule has 15 heavy (non-hydrogen) atoms. The number of amides is 1. The van der Waals surface area contributed by atoms with Crippen LogP contribution in [0.15, 0.2) is 0 Å². The number of rotatable bonds is 6. The molecule has 0 bridgehead atoms. The van der Waals surface area contributed by atoms with Gasteiger partial charge >= 0.3 is 0 Å². The van der Waals surface area contributed by atoms with Gasteiger partial charge < -0.3 is 5.11 Å². The van der Waals surface area contributed by atoms with Gasteiger partial charge in [-0.15, -0.1) is 0 Å². The summed E-state index contributed by atoms with van der Waals surface area (Å²) >= 11 is 0. The van der Waals surface area contributed by atoms with Crippen molar-refractivity contribution >= 4 is 5.91 Å². The number of nitrogens with one attached hydrogen (secondary N) is 1. The van der Waals surface area contributed by atoms with E-state index in [0.717, 1.165) is 0 Å². The third kappa shape index (κ3) is 5.11. The zero-order chi connectivity index (χ0) is 12.0. The van der Waals surface area contributed by atoms with Crippen molar-refractivity contribution in [2.45, 2.75) is 39.3 Å². The minimum absolute atomic E-state index is 0.182. The summed E-state index contributed by atoms with van der Waals surface area (Å²) < 4.78 is 0. The van der Waals surface area contributed by atoms with E-state index in [1.165, 1.54) is 0 Å². The molecule has 0 aliphatic carbocycles. The van der Waals surface area contributed by atoms with E-state index >= 15 is 0 Å². The van der Waals surface area contributed by atoms with Crippen LogP contribution < -0.4 is 11.3 Å². The van der Waals surface area contributed by atoms with Crippen LogP contribution >= 0.6 is 0 Å². The van der Waals surface area contributed by atoms with Crippen molar-refractivity contribution in [1.82, 2.24) is 10.3 Å². The van der Waals surface area contributed by atoms with E-state index in [1.54, 1.807) is 6.92 Å². The van der Waals surface area contributed by atoms with Gasteiger partial charge in [0.25, 0.3) is 5.91 Å². The first-order chi connectivity index (χ1) is 6.90. The third-order valence-electron chi connectivity index (χ3n) is 2.42. The second-order valence-corrected chi connectivity index (χ2v) is 4.32. The molecule has 1 amide bonds. The standard InChI is InChI=1S/C10H23N3O2/c1-7(2)9(10(15)12-11)13(4)6-5-8(3)14/h7-9,14H,5-6,11H2,1-4H3,(H,12,15). The Kier molecular flexibility index (Phi) is 6.47. The molecule has 0 aromatic heterocycles. The number of aliphatic hydroxyl groups is 1. The molecule has 0 heterocycles. The normalized spacial score (nSPS) is 15.5. The highest BCUT2D eigenvalue weighted by molar-refractivity contribution is 5.81. The zero-order valence-corrected chi connectivity index (χ0v) is 10.0. The van der Waals surface area contributed by atoms with Gasteiger partial charge in [0.1, 0.15) is 0 Å². The lowest BCUT2D eigenvalue weighted by Gasteiger charge is -2.29. The quantitative estimate of drug-likeness (QED) is 0.324. The molecule has 5 heteroatoms. The van der Waals surface area contributed by atoms with Gasteiger partial charge in [-0.2, -0.15) is 0 Å². The number of hydrogen-bond donors (Lipinski definition) is 3. The van der Waals surface area contributed by atoms with Gasteiger partial charge in [0.15, 0.2) is 0 Å². The lowest BCUT2D eigenvalue weighted by atomic mass is 10.0. The van der Waals surface area contributed by atoms with Gasteiger partial charge in [0, 0.05) is 6.54 Å². The number of carbonyl (C=O) groups excluding carboxylic acids is 1. The second kappa shape index (κ2) is 6.76. The lowest BCUT2D eigenvalue weighted by molar-refractivity contribution is -0.127. The number of aliphatic hydroxyl groups excluding tert-OH is 1. The summed E-state index contributed by atoms with van der Waals surface area (Å²) in [7, 11) is 1.86. The fourth-order valence-electron chi connectivity index (χ4n) is 1.63. The summed E-state index contributed by atoms with van der Waals surface area (Å²) in [5.74, 6) is 5.13. The van der Waals surface area contributed by atoms with Crippen molar-refractivity contribution in [3.8, 4) is 0 Å². The van der Waals surface area contributed by atoms with Crippen molar-refractivity contribution in [2.24, 2.45) is 11.8 Å². The Hall–Kier alpha value is -0.650. The zero-order valence-electron chi connectivity index (χ0n) is 10.0. The Morgan fingerprint density at radius 2 is 2.00 bits per heavy atom. The van der Waals surface area contributed by atoms with Crippen molar-refractivity contribution < 1.29 is 9.90 Å². The lowest BCUT2D eigenvalue weighted by Crippen LogP contribution is -2.50. The molecular weight excluding hydrogens is 194 g/mol. The van der Waals surface area contributed by atoms with E-state index in [-0.39, 0.29) is 24.0 Å². The molecule has 0 saturated carbocycles. The molecule has 90 valence electrons. The molecule has 4 N–H and O–H groups in total. The SMILES string of the molecule is CC(O)CCN(C)C(C(=O)NN)C(C)C. The Labute approximate surface area is 91.6 Å². The largest absolute Gasteiger partial charge is 0.393 e. The molecule has 0 aromatic carbocycles. The minimum Gasteiger partial charge on any atom is -0.393 e. The van der Waals surface area contributed by atoms with Crippen LogP contribution in [0.1, 0.15) is 27.2 Å². The molecule has 0 saturated heterocycles. The molecule has 0 rings (SSSR count). The van der Waals surface area contributed by atoms with Crippen LogP contribution in [0, 0.1) is 5.92 Å². The van der Waals surface area contributed by atoms with Gasteiger partial charge in [0.2, 0.25) is 0 Å². The van der Waals surface area contributed by atoms with Gasteiger partial charge in [-0.1, -0.05) is 13.8 Å². The fraction of sp³-hybridized carbons (Fsp3) is 0.900. The van der Waals surface area contributed by atoms with Crippen LogP contribution in [-0.4, -0.2) is 41.7 Å². The van der Waals surface area contributed by atoms with Crippen molar-refractivity contribution in [1.29, 1.82) is 0 Å². The van der Waals surface area contributed by atoms with Gasteiger partial charge in [-0.05, 0) is 26.3 Å². The van der Waals surface area contributed by atoms with E-state index in [4.69, 9.17) is 10.9 Å². The van der Waals surface area contributed by atoms with Crippen molar-refractivity contribution in [2.75, 3.05) is 13.6 Å². The number of likely N-dealkylation sites (N-methyl/N-ethyl adjacent to an activating group) is 1. The highest BCUT2D eigenvalue weighted by Gasteiger charge is 2.25. The summed E-state index contributed by atoms with van der Waals surface area (Å²) in [4.78, 5) is 13.4. The summed E-state index contributed by atoms with van der Waals surface area (Å²) in [6.07, 6.45) is 0.304. The second-order valence-electron chi connectivity index (χ2n) is 4.32. The van der Waals surface area contributed by atoms with Gasteiger partial charge in [0.05, 0.1) is 12.1 Å². The van der Waals surface area contributed by atoms with Crippen molar-refractivity contribution in [3.05, 3.63) is 0 Å². The van der Waals surface area contributed by atoms with Crippen LogP contribution in [-0.2, 0) is 4.79 Å². The highest BCUT2D eigenvalue weighted by Crippen LogP contribution is 2.10. The van der Waals surface area contributed by atoms with Crippen LogP contribution in [0.5, 0.6) is 0 Å². The van der Waals surface area contributed by atoms with Crippen LogP contribution in [0.25, 0.3) is 0 Å². The Morgan fingerprint density at radius 3 is 2.33 bits per heavy atom. The van der Waals surface area contributed by atoms with Gasteiger partial charge in [-0.25, -0.2) is 5.84 Å². The monoisotopic (exact) mass is 217 g/mol. The Bertz CT molecular complexity index is 195. The molecule has 0 fully saturated rings. The molecule has 0 aliphatic rings. The molecular formula is C10H23N3O2. The summed E-state index contributed by atoms with van der Waals surface area (Å²) in [5.41, 5.74) is 2.17. The van der Waals surface area contributed by atoms with E-state index < -0.39 is 0 Å². The van der Waals surface area contributed by atoms with E-state index in [0.29, 0.717) is 13.0 Å². The number of nitrogens with two attached hydrogens (primary N) is 1. The number of nitrogens with zero attached hydrogens (tertiary/aromatic N) is 1. The summed E-state index contributed by atoms with van der Waals surface area (Å²) in [6.45, 7) is 6.35. The van der Waals surface area contributed by atoms with Crippen LogP contribution in [0.3, 0.4) is 0 Å². The smallest absolute Gasteiger partial charge is 0.251 e. The first-order valence-corrected chi connectivity index (χ1v) is 5.28. The predicted octanol–water partition coefficient (Wildman–Crippen LogP) is -0.296. The highest BCUT2D eigenvalue weighted by atomic mass is 16.3. The van der Waals surface area contributed by atoms with E-state index in [1.807, 2.05) is 25.8 Å². The molecule has 5 nitrogen and oxygen atoms in total. The first-order valence-electron chi connectivity index (χ1n) is 5.28. The molecule has 0 spiro atoms. The maximum Gasteiger partial charge on any atom is 0.251 e. The van der Waals surface area contributed by atoms with E-state index in [2.05, 4.69) is 5.43 Å². The number of hydrazine groups is 1. The average Bonchev–Trinajstić information content (AvgIpc) is 2.14. The predicted molar refractivity (Wildman–Crippen MR) is 59.9 cm³/mol. The molecule has 0 aromatic rings. The third-order valence-corrected chi connectivity index (χ3v) is 2.42. The molecule has 2 unspecified atom stereocenters. The van der Waals surface area contributed by atoms with Crippen LogP contribution in [0.2, 0.25) is 0 Å². The maximum absolute atomic E-state index is 11.5. The average molecular weight is 217 g/mol. The van der Waals surface area contributed by atoms with Gasteiger partial charge in [-0.3, -0.25) is 15.1 Å². The maximum atomic E-state index is 11.5. The Morgan fingerprint density at radius 1 is 1.47 bits per heavy atom. The first kappa shape index (κ1) is 14.3. The minimum atomic E-state index is -0.346. The summed E-state index contributed by atoms with van der Waals surface area (Å²) in [5, 5.41) is 9.17. The Balaban J connectivity index is 4.29. The number of hydrogen-bond acceptors (Lipinski definition) is 4. The van der Waals surface area contributed by atoms with Crippen LogP contribution in [0.4, 0.5) is 0 Å².